The van der Waals surface area contributed by atoms with Crippen molar-refractivity contribution in [1.29, 1.82) is 0 Å². The largest absolute Gasteiger partial charge is 0.350 e. The lowest BCUT2D eigenvalue weighted by Crippen LogP contribution is -2.34. The summed E-state index contributed by atoms with van der Waals surface area (Å²) >= 11 is 2.00. The van der Waals surface area contributed by atoms with Crippen LogP contribution in [-0.2, 0) is 0 Å². The van der Waals surface area contributed by atoms with E-state index in [0.29, 0.717) is 0 Å². The molecule has 0 bridgehead atoms. The van der Waals surface area contributed by atoms with Gasteiger partial charge < -0.3 is 4.90 Å². The van der Waals surface area contributed by atoms with Crippen molar-refractivity contribution in [2.75, 3.05) is 14.1 Å². The zero-order chi connectivity index (χ0) is 9.97. The van der Waals surface area contributed by atoms with E-state index in [1.807, 2.05) is 18.8 Å². The van der Waals surface area contributed by atoms with Crippen molar-refractivity contribution >= 4 is 16.9 Å². The van der Waals surface area contributed by atoms with Crippen molar-refractivity contribution in [3.8, 4) is 0 Å². The molecule has 0 aromatic carbocycles. The average Bonchev–Trinajstić information content (AvgIpc) is 2.42. The van der Waals surface area contributed by atoms with Gasteiger partial charge in [-0.15, -0.1) is 0 Å². The Balaban J connectivity index is 2.07. The van der Waals surface area contributed by atoms with E-state index in [1.54, 1.807) is 0 Å². The minimum atomic E-state index is 0.763. The summed E-state index contributed by atoms with van der Waals surface area (Å²) in [7, 11) is 4.12. The van der Waals surface area contributed by atoms with Gasteiger partial charge in [0.1, 0.15) is 0 Å². The molecule has 0 spiro atoms. The molecular weight excluding hydrogens is 192 g/mol. The fourth-order valence-electron chi connectivity index (χ4n) is 2.58. The second kappa shape index (κ2) is 4.56. The number of fused-ring (bicyclic) bond motifs is 1. The summed E-state index contributed by atoms with van der Waals surface area (Å²) < 4.78 is 0. The van der Waals surface area contributed by atoms with Crippen LogP contribution >= 0.6 is 11.8 Å². The van der Waals surface area contributed by atoms with Crippen LogP contribution in [0.3, 0.4) is 0 Å². The maximum absolute atomic E-state index is 4.36. The van der Waals surface area contributed by atoms with Gasteiger partial charge in [-0.3, -0.25) is 4.99 Å². The van der Waals surface area contributed by atoms with Gasteiger partial charge in [-0.1, -0.05) is 37.4 Å². The summed E-state index contributed by atoms with van der Waals surface area (Å²) in [5, 5.41) is 2.07. The number of amidine groups is 1. The third kappa shape index (κ3) is 1.92. The molecule has 0 aromatic rings. The predicted molar refractivity (Wildman–Crippen MR) is 64.0 cm³/mol. The molecule has 1 saturated carbocycles. The molecule has 2 rings (SSSR count). The van der Waals surface area contributed by atoms with Crippen molar-refractivity contribution < 1.29 is 0 Å². The number of hydrogen-bond acceptors (Lipinski definition) is 2. The molecule has 2 fully saturated rings. The normalized spacial score (nSPS) is 36.7. The van der Waals surface area contributed by atoms with Crippen LogP contribution in [0.5, 0.6) is 0 Å². The van der Waals surface area contributed by atoms with Crippen LogP contribution in [0.15, 0.2) is 4.99 Å². The van der Waals surface area contributed by atoms with Gasteiger partial charge in [0, 0.05) is 25.4 Å². The maximum Gasteiger partial charge on any atom is 0.159 e. The number of nitrogens with zero attached hydrogens (tertiary/aromatic N) is 2. The van der Waals surface area contributed by atoms with E-state index in [9.17, 15) is 0 Å². The Morgan fingerprint density at radius 1 is 1.21 bits per heavy atom. The summed E-state index contributed by atoms with van der Waals surface area (Å²) in [5.41, 5.74) is 0. The molecule has 0 radical (unpaired) electrons. The minimum Gasteiger partial charge on any atom is -0.350 e. The molecule has 80 valence electrons. The first-order valence-electron chi connectivity index (χ1n) is 5.69. The summed E-state index contributed by atoms with van der Waals surface area (Å²) in [4.78, 5) is 6.76. The van der Waals surface area contributed by atoms with E-state index in [1.165, 1.54) is 43.7 Å². The molecule has 1 aliphatic heterocycles. The third-order valence-corrected chi connectivity index (χ3v) is 4.95. The van der Waals surface area contributed by atoms with Gasteiger partial charge in [0.15, 0.2) is 5.17 Å². The zero-order valence-corrected chi connectivity index (χ0v) is 10.0. The lowest BCUT2D eigenvalue weighted by atomic mass is 9.96. The summed E-state index contributed by atoms with van der Waals surface area (Å²) in [6, 6.07) is 0.763. The Kier molecular flexibility index (Phi) is 3.37. The summed E-state index contributed by atoms with van der Waals surface area (Å²) in [5.74, 6) is 0. The van der Waals surface area contributed by atoms with Crippen LogP contribution in [0, 0.1) is 0 Å². The van der Waals surface area contributed by atoms with Crippen molar-refractivity contribution in [1.82, 2.24) is 4.90 Å². The fourth-order valence-corrected chi connectivity index (χ4v) is 4.02. The van der Waals surface area contributed by atoms with Gasteiger partial charge in [-0.2, -0.15) is 0 Å². The van der Waals surface area contributed by atoms with Gasteiger partial charge >= 0.3 is 0 Å². The van der Waals surface area contributed by atoms with Crippen LogP contribution in [-0.4, -0.2) is 35.5 Å². The second-order valence-electron chi connectivity index (χ2n) is 4.33. The van der Waals surface area contributed by atoms with E-state index in [0.717, 1.165) is 11.3 Å². The number of thioether (sulfide) groups is 1. The first-order chi connectivity index (χ1) is 6.83. The highest BCUT2D eigenvalue weighted by Gasteiger charge is 2.36. The molecule has 1 heterocycles. The van der Waals surface area contributed by atoms with Crippen LogP contribution in [0.4, 0.5) is 0 Å². The molecule has 1 saturated heterocycles. The van der Waals surface area contributed by atoms with Gasteiger partial charge in [-0.05, 0) is 12.8 Å². The molecule has 0 aromatic heterocycles. The van der Waals surface area contributed by atoms with Crippen LogP contribution in [0.25, 0.3) is 0 Å². The van der Waals surface area contributed by atoms with Crippen LogP contribution in [0.1, 0.15) is 38.5 Å². The quantitative estimate of drug-likeness (QED) is 0.613. The highest BCUT2D eigenvalue weighted by atomic mass is 32.2. The molecule has 2 nitrogen and oxygen atoms in total. The zero-order valence-electron chi connectivity index (χ0n) is 9.20. The van der Waals surface area contributed by atoms with E-state index < -0.39 is 0 Å². The van der Waals surface area contributed by atoms with Crippen molar-refractivity contribution in [2.24, 2.45) is 4.99 Å². The highest BCUT2D eigenvalue weighted by molar-refractivity contribution is 8.14. The second-order valence-corrected chi connectivity index (χ2v) is 5.54. The van der Waals surface area contributed by atoms with Gasteiger partial charge in [0.25, 0.3) is 0 Å². The average molecular weight is 212 g/mol. The monoisotopic (exact) mass is 212 g/mol. The number of aliphatic imine (C=N–C) groups is 1. The molecule has 1 aliphatic carbocycles. The molecule has 0 amide bonds. The Labute approximate surface area is 91.2 Å². The number of hydrogen-bond donors (Lipinski definition) is 0. The molecule has 2 unspecified atom stereocenters. The molecule has 14 heavy (non-hydrogen) atoms. The highest BCUT2D eigenvalue weighted by Crippen LogP contribution is 2.37. The van der Waals surface area contributed by atoms with Crippen molar-refractivity contribution in [3.05, 3.63) is 0 Å². The Hall–Kier alpha value is -0.180. The van der Waals surface area contributed by atoms with Crippen molar-refractivity contribution in [3.63, 3.8) is 0 Å². The van der Waals surface area contributed by atoms with Crippen LogP contribution < -0.4 is 0 Å². The molecule has 2 aliphatic rings. The maximum atomic E-state index is 4.36. The summed E-state index contributed by atoms with van der Waals surface area (Å²) in [6.45, 7) is 0. The fraction of sp³-hybridized carbons (Fsp3) is 0.909. The first-order valence-corrected chi connectivity index (χ1v) is 6.57. The lowest BCUT2D eigenvalue weighted by Gasteiger charge is -2.26. The Morgan fingerprint density at radius 2 is 1.93 bits per heavy atom. The van der Waals surface area contributed by atoms with E-state index in [2.05, 4.69) is 16.9 Å². The first kappa shape index (κ1) is 10.3. The van der Waals surface area contributed by atoms with Gasteiger partial charge in [0.2, 0.25) is 0 Å². The standard InChI is InChI=1S/C11H20N2S/c1-12-11-13(2)9-7-5-3-4-6-8-10(9)14-11/h9-10H,3-8H2,1-2H3. The molecule has 2 atom stereocenters. The Bertz CT molecular complexity index is 227. The molecular formula is C11H20N2S. The third-order valence-electron chi connectivity index (χ3n) is 3.41. The topological polar surface area (TPSA) is 15.6 Å². The Morgan fingerprint density at radius 3 is 2.64 bits per heavy atom. The predicted octanol–water partition coefficient (Wildman–Crippen LogP) is 2.74. The minimum absolute atomic E-state index is 0.763. The van der Waals surface area contributed by atoms with Crippen molar-refractivity contribution in [2.45, 2.75) is 49.8 Å². The van der Waals surface area contributed by atoms with E-state index >= 15 is 0 Å². The van der Waals surface area contributed by atoms with E-state index in [-0.39, 0.29) is 0 Å². The molecule has 0 N–H and O–H groups in total. The lowest BCUT2D eigenvalue weighted by molar-refractivity contribution is 0.318. The van der Waals surface area contributed by atoms with Gasteiger partial charge in [-0.25, -0.2) is 0 Å². The number of rotatable bonds is 0. The van der Waals surface area contributed by atoms with Gasteiger partial charge in [0.05, 0.1) is 0 Å². The van der Waals surface area contributed by atoms with E-state index in [4.69, 9.17) is 0 Å². The van der Waals surface area contributed by atoms with Crippen LogP contribution in [0.2, 0.25) is 0 Å². The summed E-state index contributed by atoms with van der Waals surface area (Å²) in [6.07, 6.45) is 8.44. The SMILES string of the molecule is CN=C1SC2CCCCCCC2N1C. The molecule has 3 heteroatoms. The smallest absolute Gasteiger partial charge is 0.159 e.